The van der Waals surface area contributed by atoms with E-state index in [4.69, 9.17) is 80.3 Å². The fraction of sp³-hybridized carbons (Fsp3) is 0.619. The normalized spacial score (nSPS) is 33.1. The molecular formula is C63H89CoN14O14P. The summed E-state index contributed by atoms with van der Waals surface area (Å²) in [5.41, 5.74) is 36.8. The van der Waals surface area contributed by atoms with Crippen molar-refractivity contribution in [2.45, 2.75) is 189 Å². The van der Waals surface area contributed by atoms with E-state index in [9.17, 15) is 53.2 Å². The average molecular weight is 1360 g/mol. The molecule has 1 aromatic heterocycles. The first-order chi connectivity index (χ1) is 42.8. The smallest absolute Gasteiger partial charge is 0.682 e. The summed E-state index contributed by atoms with van der Waals surface area (Å²) in [7, 11) is -5.07. The number of aliphatic imine (C=N–C) groups is 3. The van der Waals surface area contributed by atoms with Crippen LogP contribution in [0.4, 0.5) is 0 Å². The van der Waals surface area contributed by atoms with Gasteiger partial charge in [-0.05, 0) is 119 Å². The number of carbonyl (C=O) groups is 7. The Morgan fingerprint density at radius 2 is 1.38 bits per heavy atom. The number of imidazole rings is 1. The Labute approximate surface area is 551 Å². The van der Waals surface area contributed by atoms with Crippen molar-refractivity contribution in [1.82, 2.24) is 14.9 Å². The molecule has 0 saturated carbocycles. The van der Waals surface area contributed by atoms with Gasteiger partial charge >= 0.3 is 24.6 Å². The van der Waals surface area contributed by atoms with Crippen molar-refractivity contribution in [3.05, 3.63) is 75.8 Å². The van der Waals surface area contributed by atoms with Crippen LogP contribution >= 0.6 is 7.82 Å². The van der Waals surface area contributed by atoms with Crippen molar-refractivity contribution >= 4 is 77.3 Å². The summed E-state index contributed by atoms with van der Waals surface area (Å²) in [6.45, 7) is 23.9. The fourth-order valence-corrected chi connectivity index (χ4v) is 16.5. The number of carbonyl (C=O) groups excluding carboxylic acids is 7. The Kier molecular flexibility index (Phi) is 23.0. The van der Waals surface area contributed by atoms with E-state index < -0.39 is 143 Å². The van der Waals surface area contributed by atoms with Crippen LogP contribution < -0.4 is 39.7 Å². The minimum Gasteiger partial charge on any atom is -0.682 e. The molecule has 6 aliphatic rings. The molecule has 2 saturated heterocycles. The van der Waals surface area contributed by atoms with Crippen molar-refractivity contribution in [3.8, 4) is 0 Å². The molecule has 1 aromatic carbocycles. The number of ether oxygens (including phenoxy) is 1. The topological polar surface area (TPSA) is 486 Å². The summed E-state index contributed by atoms with van der Waals surface area (Å²) in [4.78, 5) is 125. The Balaban J connectivity index is 0.00000453. The third-order valence-corrected chi connectivity index (χ3v) is 21.6. The van der Waals surface area contributed by atoms with Crippen molar-refractivity contribution in [1.29, 1.82) is 5.26 Å². The summed E-state index contributed by atoms with van der Waals surface area (Å²) < 4.78 is 32.3. The van der Waals surface area contributed by atoms with Gasteiger partial charge < -0.3 is 81.3 Å². The third-order valence-electron chi connectivity index (χ3n) is 20.5. The quantitative estimate of drug-likeness (QED) is 0.0469. The van der Waals surface area contributed by atoms with E-state index in [0.717, 1.165) is 11.1 Å². The predicted molar refractivity (Wildman–Crippen MR) is 339 cm³/mol. The molecule has 8 bridgehead atoms. The first-order valence-corrected chi connectivity index (χ1v) is 32.2. The van der Waals surface area contributed by atoms with Crippen LogP contribution in [0.5, 0.6) is 0 Å². The second kappa shape index (κ2) is 28.5. The molecule has 0 aliphatic carbocycles. The van der Waals surface area contributed by atoms with E-state index >= 15 is 0 Å². The Morgan fingerprint density at radius 3 is 1.95 bits per heavy atom. The minimum absolute atomic E-state index is 0. The van der Waals surface area contributed by atoms with Gasteiger partial charge in [0.1, 0.15) is 18.3 Å². The number of hydrogen-bond acceptors (Lipinski definition) is 18. The second-order valence-electron chi connectivity index (χ2n) is 27.0. The van der Waals surface area contributed by atoms with Crippen LogP contribution in [0.2, 0.25) is 0 Å². The number of aliphatic hydroxyl groups excluding tert-OH is 2. The van der Waals surface area contributed by atoms with Gasteiger partial charge in [-0.2, -0.15) is 5.70 Å². The van der Waals surface area contributed by atoms with Gasteiger partial charge in [-0.3, -0.25) is 57.6 Å². The number of aliphatic hydroxyl groups is 2. The number of nitrogens with one attached hydrogen (secondary N) is 1. The molecule has 509 valence electrons. The zero-order valence-electron chi connectivity index (χ0n) is 54.5. The monoisotopic (exact) mass is 1360 g/mol. The predicted octanol–water partition coefficient (Wildman–Crippen LogP) is 4.04. The number of phosphoric ester groups is 1. The van der Waals surface area contributed by atoms with Crippen LogP contribution in [-0.4, -0.2) is 132 Å². The van der Waals surface area contributed by atoms with Gasteiger partial charge in [0, 0.05) is 108 Å². The number of nitrogens with zero attached hydrogens (tertiary/aromatic N) is 7. The number of phosphoric acid groups is 1. The van der Waals surface area contributed by atoms with Crippen LogP contribution in [0, 0.1) is 71.0 Å². The number of aromatic nitrogens is 2. The molecule has 2 unspecified atom stereocenters. The summed E-state index contributed by atoms with van der Waals surface area (Å²) in [5.74, 6) is -7.34. The molecule has 30 heteroatoms. The van der Waals surface area contributed by atoms with Crippen LogP contribution in [0.15, 0.2) is 67.8 Å². The molecule has 7 amide bonds. The maximum Gasteiger partial charge on any atom is 2.00 e. The standard InChI is InChI=1S/C62H90N13O14P.CN.Co/c1-29-20-39-40(21-30(29)2)75(28-70-39)57-52(84)53(41(27-76)87-57)89-90(85,86)88-31(3)26-69-49(83)18-19-59(8)37(22-46(66)80)56-62(11)61(10,25-48(68)82)36(14-17-45(65)79)51(74-62)33(5)55-60(9,24-47(67)81)34(12-15-43(63)77)38(71-55)23-42-58(6,7)35(13-16-44(64)78)50(72-42)32(4)54(59)73-56;1-2;/h20-21,23,28,31,34-37,41,52-53,56-57,76,84H,12-19,22,24-27H2,1-11H3,(H15,63,64,65,66,67,68,69,71,72,73,74,77,78,79,80,81,82,83,85,86);;/q;-1;+2/p-1/t31?,34-,35+,36+,37-,41+,52+,53+,56+,57-,59+,60-,61-,62-;;/m0../s1. The Bertz CT molecular complexity index is 3600. The Hall–Kier alpha value is -7.00. The molecule has 1 radical (unpaired) electrons. The number of allylic oxidation sites excluding steroid dienone is 6. The van der Waals surface area contributed by atoms with Gasteiger partial charge in [-0.1, -0.05) is 40.7 Å². The minimum atomic E-state index is -5.07. The van der Waals surface area contributed by atoms with E-state index in [1.54, 1.807) is 11.5 Å². The van der Waals surface area contributed by atoms with Crippen molar-refractivity contribution in [2.24, 2.45) is 94.7 Å². The number of primary amides is 6. The number of nitrogens with two attached hydrogens (primary N) is 6. The average Bonchev–Trinajstić information content (AvgIpc) is 1.53. The van der Waals surface area contributed by atoms with Crippen molar-refractivity contribution in [3.63, 3.8) is 0 Å². The van der Waals surface area contributed by atoms with Crippen LogP contribution in [-0.2, 0) is 68.7 Å². The fourth-order valence-electron chi connectivity index (χ4n) is 15.3. The van der Waals surface area contributed by atoms with E-state index in [1.165, 1.54) is 13.3 Å². The maximum atomic E-state index is 14.4. The molecule has 93 heavy (non-hydrogen) atoms. The molecule has 2 fully saturated rings. The number of aryl methyl sites for hydroxylation is 2. The van der Waals surface area contributed by atoms with Gasteiger partial charge in [0.05, 0.1) is 41.3 Å². The molecule has 7 heterocycles. The summed E-state index contributed by atoms with van der Waals surface area (Å²) in [6.07, 6.45) is -4.47. The summed E-state index contributed by atoms with van der Waals surface area (Å²) >= 11 is 0. The largest absolute Gasteiger partial charge is 2.00 e. The van der Waals surface area contributed by atoms with Crippen LogP contribution in [0.25, 0.3) is 16.4 Å². The van der Waals surface area contributed by atoms with Crippen LogP contribution in [0.3, 0.4) is 0 Å². The van der Waals surface area contributed by atoms with Crippen molar-refractivity contribution < 1.29 is 83.8 Å². The van der Waals surface area contributed by atoms with Crippen molar-refractivity contribution in [2.75, 3.05) is 13.2 Å². The second-order valence-corrected chi connectivity index (χ2v) is 28.4. The van der Waals surface area contributed by atoms with Gasteiger partial charge in [-0.15, -0.1) is 0 Å². The molecule has 28 nitrogen and oxygen atoms in total. The van der Waals surface area contributed by atoms with E-state index in [0.29, 0.717) is 56.4 Å². The molecule has 8 rings (SSSR count). The number of benzene rings is 1. The zero-order chi connectivity index (χ0) is 68.7. The van der Waals surface area contributed by atoms with Gasteiger partial charge in [0.25, 0.3) is 0 Å². The number of fused-ring (bicyclic) bond motifs is 7. The number of amides is 7. The zero-order valence-corrected chi connectivity index (χ0v) is 56.4. The van der Waals surface area contributed by atoms with E-state index in [1.807, 2.05) is 80.5 Å². The summed E-state index contributed by atoms with van der Waals surface area (Å²) in [5, 5.41) is 36.5. The van der Waals surface area contributed by atoms with E-state index in [2.05, 4.69) is 10.3 Å². The Morgan fingerprint density at radius 1 is 0.796 bits per heavy atom. The molecule has 16 N–H and O–H groups in total. The number of rotatable bonds is 26. The van der Waals surface area contributed by atoms with Gasteiger partial charge in [0.2, 0.25) is 41.4 Å². The molecule has 0 spiro atoms. The molecule has 6 aliphatic heterocycles. The number of hydrogen-bond donors (Lipinski definition) is 10. The SMILES string of the molecule is C/C1=C2/[N-][C@H]([C@H](CC(N)=O)[C@@]2(C)CCC(=O)NCC(C)OP(=O)(O)O[C@H]2[C@@H](O)[C@@H](n3cnc4cc(C)c(C)cc43)O[C@@H]2CO)[C@]2(C)N=C(/C(C)=C3N=C(/C=C4N=C1[C@@H](CCC(N)=O)C\4(C)C)[C@H](CCC(N)=O)[C@]\3(C)CC(N)=O)[C@@H](CCC(N)=O)[C@]2(C)CC(N)=O.[C-]#N.[Co+2]. The first kappa shape index (κ1) is 75.0. The third kappa shape index (κ3) is 14.6. The van der Waals surface area contributed by atoms with E-state index in [-0.39, 0.29) is 94.0 Å². The first-order valence-electron chi connectivity index (χ1n) is 30.7. The summed E-state index contributed by atoms with van der Waals surface area (Å²) in [6, 6.07) is 2.68. The maximum absolute atomic E-state index is 14.4. The molecule has 15 atom stereocenters. The molecule has 2 aromatic rings. The van der Waals surface area contributed by atoms with Crippen LogP contribution in [0.1, 0.15) is 150 Å². The van der Waals surface area contributed by atoms with Gasteiger partial charge in [0.15, 0.2) is 6.23 Å². The molecular weight excluding hydrogens is 1270 g/mol. The van der Waals surface area contributed by atoms with Gasteiger partial charge in [-0.25, -0.2) is 9.55 Å².